The lowest BCUT2D eigenvalue weighted by atomic mass is 10.2. The van der Waals surface area contributed by atoms with E-state index in [1.807, 2.05) is 0 Å². The van der Waals surface area contributed by atoms with Gasteiger partial charge in [0.1, 0.15) is 6.10 Å². The first-order valence-electron chi connectivity index (χ1n) is 3.44. The number of rotatable bonds is 6. The SMILES string of the molecule is O=[N+]([O-])CCCC(O)C[N+](=O)[O-]. The molecule has 0 saturated carbocycles. The molecule has 0 spiro atoms. The first-order valence-corrected chi connectivity index (χ1v) is 3.44. The van der Waals surface area contributed by atoms with Crippen molar-refractivity contribution in [2.75, 3.05) is 13.1 Å². The summed E-state index contributed by atoms with van der Waals surface area (Å²) in [5, 5.41) is 28.5. The summed E-state index contributed by atoms with van der Waals surface area (Å²) in [5.74, 6) is 0. The minimum absolute atomic E-state index is 0.0992. The van der Waals surface area contributed by atoms with E-state index < -0.39 is 22.5 Å². The number of hydrogen-bond donors (Lipinski definition) is 1. The molecule has 0 aliphatic heterocycles. The maximum atomic E-state index is 9.82. The van der Waals surface area contributed by atoms with Crippen molar-refractivity contribution in [1.29, 1.82) is 0 Å². The van der Waals surface area contributed by atoms with Crippen LogP contribution in [0.1, 0.15) is 12.8 Å². The van der Waals surface area contributed by atoms with E-state index in [2.05, 4.69) is 0 Å². The molecule has 0 bridgehead atoms. The molecule has 0 aliphatic rings. The average molecular weight is 178 g/mol. The van der Waals surface area contributed by atoms with Gasteiger partial charge in [-0.1, -0.05) is 0 Å². The zero-order chi connectivity index (χ0) is 9.56. The Morgan fingerprint density at radius 3 is 2.25 bits per heavy atom. The second-order valence-corrected chi connectivity index (χ2v) is 2.37. The zero-order valence-corrected chi connectivity index (χ0v) is 6.38. The van der Waals surface area contributed by atoms with Gasteiger partial charge >= 0.3 is 0 Å². The maximum absolute atomic E-state index is 9.82. The Morgan fingerprint density at radius 1 is 1.25 bits per heavy atom. The fourth-order valence-corrected chi connectivity index (χ4v) is 0.719. The van der Waals surface area contributed by atoms with Crippen LogP contribution in [0.4, 0.5) is 0 Å². The van der Waals surface area contributed by atoms with E-state index in [0.717, 1.165) is 0 Å². The second-order valence-electron chi connectivity index (χ2n) is 2.37. The van der Waals surface area contributed by atoms with Gasteiger partial charge in [-0.2, -0.15) is 0 Å². The van der Waals surface area contributed by atoms with Crippen molar-refractivity contribution in [3.8, 4) is 0 Å². The van der Waals surface area contributed by atoms with Crippen molar-refractivity contribution >= 4 is 0 Å². The summed E-state index contributed by atoms with van der Waals surface area (Å²) in [6.45, 7) is -0.799. The van der Waals surface area contributed by atoms with Gasteiger partial charge in [-0.15, -0.1) is 0 Å². The van der Waals surface area contributed by atoms with E-state index >= 15 is 0 Å². The summed E-state index contributed by atoms with van der Waals surface area (Å²) >= 11 is 0. The Morgan fingerprint density at radius 2 is 1.83 bits per heavy atom. The van der Waals surface area contributed by atoms with Crippen LogP contribution >= 0.6 is 0 Å². The Kier molecular flexibility index (Phi) is 4.86. The van der Waals surface area contributed by atoms with Crippen LogP contribution in [-0.2, 0) is 0 Å². The van der Waals surface area contributed by atoms with Crippen LogP contribution < -0.4 is 0 Å². The van der Waals surface area contributed by atoms with Crippen molar-refractivity contribution < 1.29 is 15.0 Å². The largest absolute Gasteiger partial charge is 0.386 e. The highest BCUT2D eigenvalue weighted by Gasteiger charge is 2.11. The molecule has 0 heterocycles. The fourth-order valence-electron chi connectivity index (χ4n) is 0.719. The first kappa shape index (κ1) is 10.8. The third kappa shape index (κ3) is 6.87. The van der Waals surface area contributed by atoms with E-state index in [4.69, 9.17) is 5.11 Å². The van der Waals surface area contributed by atoms with Crippen LogP contribution in [0.2, 0.25) is 0 Å². The minimum Gasteiger partial charge on any atom is -0.386 e. The molecular formula is C5H10N2O5. The van der Waals surface area contributed by atoms with Gasteiger partial charge in [-0.3, -0.25) is 20.2 Å². The lowest BCUT2D eigenvalue weighted by Crippen LogP contribution is -2.20. The van der Waals surface area contributed by atoms with Gasteiger partial charge in [-0.05, 0) is 6.42 Å². The molecule has 0 aromatic heterocycles. The molecule has 0 saturated heterocycles. The van der Waals surface area contributed by atoms with Crippen molar-refractivity contribution in [3.63, 3.8) is 0 Å². The number of nitrogens with zero attached hydrogens (tertiary/aromatic N) is 2. The Balaban J connectivity index is 3.37. The van der Waals surface area contributed by atoms with E-state index in [9.17, 15) is 20.2 Å². The molecular weight excluding hydrogens is 168 g/mol. The number of nitro groups is 2. The Labute approximate surface area is 68.3 Å². The van der Waals surface area contributed by atoms with E-state index in [0.29, 0.717) is 0 Å². The maximum Gasteiger partial charge on any atom is 0.229 e. The molecule has 1 atom stereocenters. The molecule has 70 valence electrons. The fraction of sp³-hybridized carbons (Fsp3) is 1.00. The molecule has 7 heteroatoms. The normalized spacial score (nSPS) is 12.4. The minimum atomic E-state index is -1.07. The third-order valence-electron chi connectivity index (χ3n) is 1.24. The molecule has 0 rings (SSSR count). The molecule has 0 aliphatic carbocycles. The lowest BCUT2D eigenvalue weighted by molar-refractivity contribution is -0.493. The van der Waals surface area contributed by atoms with Gasteiger partial charge in [0.05, 0.1) is 0 Å². The molecule has 7 nitrogen and oxygen atoms in total. The van der Waals surface area contributed by atoms with Crippen LogP contribution in [-0.4, -0.2) is 34.1 Å². The molecule has 0 radical (unpaired) electrons. The lowest BCUT2D eigenvalue weighted by Gasteiger charge is -2.02. The molecule has 0 fully saturated rings. The van der Waals surface area contributed by atoms with E-state index in [1.165, 1.54) is 0 Å². The monoisotopic (exact) mass is 178 g/mol. The highest BCUT2D eigenvalue weighted by atomic mass is 16.6. The van der Waals surface area contributed by atoms with Gasteiger partial charge in [0.25, 0.3) is 0 Å². The average Bonchev–Trinajstić information content (AvgIpc) is 1.84. The molecule has 0 amide bonds. The molecule has 0 aromatic carbocycles. The summed E-state index contributed by atoms with van der Waals surface area (Å²) in [4.78, 5) is 18.5. The van der Waals surface area contributed by atoms with E-state index in [-0.39, 0.29) is 19.4 Å². The summed E-state index contributed by atoms with van der Waals surface area (Å²) in [6, 6.07) is 0. The van der Waals surface area contributed by atoms with Crippen molar-refractivity contribution in [2.45, 2.75) is 18.9 Å². The van der Waals surface area contributed by atoms with Gasteiger partial charge < -0.3 is 5.11 Å². The Bertz CT molecular complexity index is 171. The standard InChI is InChI=1S/C5H10N2O5/c8-5(4-7(11)12)2-1-3-6(9)10/h5,8H,1-4H2. The molecule has 12 heavy (non-hydrogen) atoms. The summed E-state index contributed by atoms with van der Waals surface area (Å²) in [6.07, 6.45) is -0.802. The van der Waals surface area contributed by atoms with Crippen LogP contribution in [0.15, 0.2) is 0 Å². The summed E-state index contributed by atoms with van der Waals surface area (Å²) < 4.78 is 0. The van der Waals surface area contributed by atoms with Gasteiger partial charge in [0.2, 0.25) is 13.1 Å². The van der Waals surface area contributed by atoms with Gasteiger partial charge in [0.15, 0.2) is 0 Å². The highest BCUT2D eigenvalue weighted by Crippen LogP contribution is 1.97. The molecule has 0 aromatic rings. The Hall–Kier alpha value is -1.24. The van der Waals surface area contributed by atoms with Gasteiger partial charge in [-0.25, -0.2) is 0 Å². The van der Waals surface area contributed by atoms with Crippen molar-refractivity contribution in [2.24, 2.45) is 0 Å². The highest BCUT2D eigenvalue weighted by molar-refractivity contribution is 4.52. The topological polar surface area (TPSA) is 107 Å². The summed E-state index contributed by atoms with van der Waals surface area (Å²) in [5.41, 5.74) is 0. The number of hydrogen-bond acceptors (Lipinski definition) is 5. The van der Waals surface area contributed by atoms with Crippen LogP contribution in [0.5, 0.6) is 0 Å². The quantitative estimate of drug-likeness (QED) is 0.443. The van der Waals surface area contributed by atoms with Crippen molar-refractivity contribution in [3.05, 3.63) is 20.2 Å². The van der Waals surface area contributed by atoms with Crippen LogP contribution in [0, 0.1) is 20.2 Å². The van der Waals surface area contributed by atoms with E-state index in [1.54, 1.807) is 0 Å². The van der Waals surface area contributed by atoms with Gasteiger partial charge in [0, 0.05) is 16.3 Å². The molecule has 1 N–H and O–H groups in total. The van der Waals surface area contributed by atoms with Crippen LogP contribution in [0.3, 0.4) is 0 Å². The summed E-state index contributed by atoms with van der Waals surface area (Å²) in [7, 11) is 0. The molecule has 1 unspecified atom stereocenters. The van der Waals surface area contributed by atoms with Crippen LogP contribution in [0.25, 0.3) is 0 Å². The number of aliphatic hydroxyl groups excluding tert-OH is 1. The third-order valence-corrected chi connectivity index (χ3v) is 1.24. The predicted octanol–water partition coefficient (Wildman–Crippen LogP) is -0.319. The second kappa shape index (κ2) is 5.42. The zero-order valence-electron chi connectivity index (χ0n) is 6.38. The number of aliphatic hydroxyl groups is 1. The first-order chi connectivity index (χ1) is 5.52. The smallest absolute Gasteiger partial charge is 0.229 e. The van der Waals surface area contributed by atoms with Crippen molar-refractivity contribution in [1.82, 2.24) is 0 Å². The predicted molar refractivity (Wildman–Crippen MR) is 39.0 cm³/mol.